The maximum absolute atomic E-state index is 13.6. The van der Waals surface area contributed by atoms with Crippen molar-refractivity contribution in [2.24, 2.45) is 0 Å². The summed E-state index contributed by atoms with van der Waals surface area (Å²) in [5, 5.41) is 11.5. The Kier molecular flexibility index (Phi) is 11.3. The van der Waals surface area contributed by atoms with Crippen molar-refractivity contribution in [2.75, 3.05) is 19.8 Å². The summed E-state index contributed by atoms with van der Waals surface area (Å²) >= 11 is 0. The highest BCUT2D eigenvalue weighted by atomic mass is 16.6. The minimum Gasteiger partial charge on any atom is -0.462 e. The summed E-state index contributed by atoms with van der Waals surface area (Å²) in [4.78, 5) is 78.1. The van der Waals surface area contributed by atoms with Crippen LogP contribution in [0.5, 0.6) is 0 Å². The van der Waals surface area contributed by atoms with Gasteiger partial charge in [-0.05, 0) is 37.1 Å². The van der Waals surface area contributed by atoms with Crippen molar-refractivity contribution < 1.29 is 48.0 Å². The minimum atomic E-state index is -1.53. The molecule has 0 fully saturated rings. The van der Waals surface area contributed by atoms with Gasteiger partial charge in [0.2, 0.25) is 0 Å². The van der Waals surface area contributed by atoms with Crippen LogP contribution in [0.2, 0.25) is 0 Å². The molecule has 2 aromatic rings. The molecule has 0 aliphatic rings. The number of carbonyl (C=O) groups is 5. The van der Waals surface area contributed by atoms with Crippen molar-refractivity contribution in [1.29, 1.82) is 0 Å². The quantitative estimate of drug-likeness (QED) is 0.262. The molecule has 2 rings (SSSR count). The molecule has 0 saturated carbocycles. The van der Waals surface area contributed by atoms with E-state index in [0.717, 1.165) is 43.4 Å². The zero-order chi connectivity index (χ0) is 30.1. The van der Waals surface area contributed by atoms with Crippen molar-refractivity contribution in [1.82, 2.24) is 14.9 Å². The van der Waals surface area contributed by atoms with Gasteiger partial charge in [0, 0.05) is 34.2 Å². The number of benzene rings is 1. The van der Waals surface area contributed by atoms with E-state index in [4.69, 9.17) is 24.1 Å². The topological polar surface area (TPSA) is 189 Å². The number of carbonyl (C=O) groups excluding carboxylic acids is 5. The number of amides is 1. The first-order valence-corrected chi connectivity index (χ1v) is 12.3. The second-order valence-electron chi connectivity index (χ2n) is 8.95. The zero-order valence-electron chi connectivity index (χ0n) is 23.1. The minimum absolute atomic E-state index is 0.129. The summed E-state index contributed by atoms with van der Waals surface area (Å²) in [6, 6.07) is 3.32. The summed E-state index contributed by atoms with van der Waals surface area (Å²) in [5.74, 6) is -4.04. The lowest BCUT2D eigenvalue weighted by molar-refractivity contribution is -0.190. The molecule has 40 heavy (non-hydrogen) atoms. The van der Waals surface area contributed by atoms with Gasteiger partial charge >= 0.3 is 23.9 Å². The molecule has 0 aliphatic heterocycles. The molecule has 1 aromatic carbocycles. The summed E-state index contributed by atoms with van der Waals surface area (Å²) in [6.07, 6.45) is -4.41. The van der Waals surface area contributed by atoms with Gasteiger partial charge in [0.15, 0.2) is 24.0 Å². The maximum Gasteiger partial charge on any atom is 0.303 e. The van der Waals surface area contributed by atoms with Crippen molar-refractivity contribution in [2.45, 2.75) is 66.4 Å². The highest BCUT2D eigenvalue weighted by molar-refractivity contribution is 5.94. The number of rotatable bonds is 12. The summed E-state index contributed by atoms with van der Waals surface area (Å²) < 4.78 is 22.2. The van der Waals surface area contributed by atoms with Gasteiger partial charge in [-0.2, -0.15) is 0 Å². The van der Waals surface area contributed by atoms with Crippen molar-refractivity contribution in [3.05, 3.63) is 39.3 Å². The predicted molar refractivity (Wildman–Crippen MR) is 138 cm³/mol. The fourth-order valence-corrected chi connectivity index (χ4v) is 3.87. The average Bonchev–Trinajstić information content (AvgIpc) is 2.85. The first-order chi connectivity index (χ1) is 18.7. The van der Waals surface area contributed by atoms with E-state index in [9.17, 15) is 28.8 Å². The van der Waals surface area contributed by atoms with E-state index in [1.807, 2.05) is 6.92 Å². The largest absolute Gasteiger partial charge is 0.462 e. The lowest BCUT2D eigenvalue weighted by Crippen LogP contribution is -2.50. The summed E-state index contributed by atoms with van der Waals surface area (Å²) in [5.41, 5.74) is 0.777. The van der Waals surface area contributed by atoms with Gasteiger partial charge in [-0.1, -0.05) is 0 Å². The highest BCUT2D eigenvalue weighted by Gasteiger charge is 2.39. The van der Waals surface area contributed by atoms with E-state index in [1.54, 1.807) is 19.1 Å². The number of hydrogen-bond donors (Lipinski definition) is 2. The van der Waals surface area contributed by atoms with Crippen LogP contribution in [0.1, 0.15) is 49.3 Å². The smallest absolute Gasteiger partial charge is 0.303 e. The Hall–Kier alpha value is -4.33. The summed E-state index contributed by atoms with van der Waals surface area (Å²) in [7, 11) is 0. The standard InChI is InChI=1S/C26H33N3O11/c1-13-9-19-20(10-14(13)2)29(26(36)23(28-19)25(35)27-7-8-30)11-21(38-16(4)32)24(40-18(6)34)22(39-17(5)33)12-37-15(3)31/h9-10,21-22,24,30H,7-8,11-12H2,1-6H3,(H,27,35)/t21-,22+,24-/m0/s1. The fraction of sp³-hybridized carbons (Fsp3) is 0.500. The van der Waals surface area contributed by atoms with Crippen LogP contribution >= 0.6 is 0 Å². The Morgan fingerprint density at radius 3 is 2.02 bits per heavy atom. The molecular formula is C26H33N3O11. The van der Waals surface area contributed by atoms with Crippen LogP contribution in [0.3, 0.4) is 0 Å². The third kappa shape index (κ3) is 8.59. The van der Waals surface area contributed by atoms with Gasteiger partial charge in [-0.3, -0.25) is 28.8 Å². The van der Waals surface area contributed by atoms with Crippen LogP contribution < -0.4 is 10.9 Å². The fourth-order valence-electron chi connectivity index (χ4n) is 3.87. The van der Waals surface area contributed by atoms with Gasteiger partial charge in [-0.15, -0.1) is 0 Å². The molecule has 0 saturated heterocycles. The number of aliphatic hydroxyl groups excluding tert-OH is 1. The summed E-state index contributed by atoms with van der Waals surface area (Å²) in [6.45, 7) is 6.43. The predicted octanol–water partition coefficient (Wildman–Crippen LogP) is 0.0936. The van der Waals surface area contributed by atoms with Crippen LogP contribution in [0.25, 0.3) is 11.0 Å². The van der Waals surface area contributed by atoms with Crippen LogP contribution in [0.4, 0.5) is 0 Å². The lowest BCUT2D eigenvalue weighted by Gasteiger charge is -2.32. The number of esters is 4. The molecule has 0 unspecified atom stereocenters. The molecule has 2 N–H and O–H groups in total. The number of nitrogens with zero attached hydrogens (tertiary/aromatic N) is 2. The Morgan fingerprint density at radius 1 is 0.900 bits per heavy atom. The number of aryl methyl sites for hydroxylation is 2. The molecular weight excluding hydrogens is 530 g/mol. The monoisotopic (exact) mass is 563 g/mol. The van der Waals surface area contributed by atoms with Crippen LogP contribution in [0, 0.1) is 13.8 Å². The molecule has 1 aromatic heterocycles. The third-order valence-corrected chi connectivity index (χ3v) is 5.66. The highest BCUT2D eigenvalue weighted by Crippen LogP contribution is 2.21. The van der Waals surface area contributed by atoms with Gasteiger partial charge < -0.3 is 33.9 Å². The number of fused-ring (bicyclic) bond motifs is 1. The molecule has 1 heterocycles. The molecule has 14 heteroatoms. The first kappa shape index (κ1) is 31.9. The van der Waals surface area contributed by atoms with E-state index < -0.39 is 72.5 Å². The zero-order valence-corrected chi connectivity index (χ0v) is 23.1. The average molecular weight is 564 g/mol. The second kappa shape index (κ2) is 14.2. The molecule has 0 radical (unpaired) electrons. The SMILES string of the molecule is CC(=O)OC[C@@H](OC(C)=O)[C@@H](OC(C)=O)[C@H](Cn1c(=O)c(C(=O)NCCO)nc2cc(C)c(C)cc21)OC(C)=O. The second-order valence-corrected chi connectivity index (χ2v) is 8.95. The number of hydrogen-bond acceptors (Lipinski definition) is 12. The van der Waals surface area contributed by atoms with E-state index in [0.29, 0.717) is 0 Å². The maximum atomic E-state index is 13.6. The Labute approximate surface area is 229 Å². The van der Waals surface area contributed by atoms with Crippen molar-refractivity contribution in [3.63, 3.8) is 0 Å². The molecule has 3 atom stereocenters. The number of aromatic nitrogens is 2. The van der Waals surface area contributed by atoms with E-state index >= 15 is 0 Å². The van der Waals surface area contributed by atoms with Gasteiger partial charge in [0.25, 0.3) is 11.5 Å². The van der Waals surface area contributed by atoms with Crippen LogP contribution in [0.15, 0.2) is 16.9 Å². The Bertz CT molecular complexity index is 1350. The van der Waals surface area contributed by atoms with Gasteiger partial charge in [0.05, 0.1) is 24.2 Å². The number of nitrogens with one attached hydrogen (secondary N) is 1. The molecule has 14 nitrogen and oxygen atoms in total. The van der Waals surface area contributed by atoms with Crippen LogP contribution in [-0.2, 0) is 44.7 Å². The lowest BCUT2D eigenvalue weighted by atomic mass is 10.1. The van der Waals surface area contributed by atoms with Crippen LogP contribution in [-0.4, -0.2) is 82.5 Å². The van der Waals surface area contributed by atoms with Crippen molar-refractivity contribution >= 4 is 40.8 Å². The first-order valence-electron chi connectivity index (χ1n) is 12.3. The molecule has 0 bridgehead atoms. The normalized spacial score (nSPS) is 13.1. The molecule has 218 valence electrons. The molecule has 0 spiro atoms. The van der Waals surface area contributed by atoms with E-state index in [1.165, 1.54) is 0 Å². The van der Waals surface area contributed by atoms with E-state index in [-0.39, 0.29) is 24.2 Å². The number of ether oxygens (including phenoxy) is 4. The number of aliphatic hydroxyl groups is 1. The molecule has 0 aliphatic carbocycles. The Balaban J connectivity index is 2.77. The van der Waals surface area contributed by atoms with Gasteiger partial charge in [-0.25, -0.2) is 4.98 Å². The Morgan fingerprint density at radius 2 is 1.48 bits per heavy atom. The van der Waals surface area contributed by atoms with Gasteiger partial charge in [0.1, 0.15) is 6.61 Å². The third-order valence-electron chi connectivity index (χ3n) is 5.66. The van der Waals surface area contributed by atoms with E-state index in [2.05, 4.69) is 10.3 Å². The van der Waals surface area contributed by atoms with Crippen molar-refractivity contribution in [3.8, 4) is 0 Å². The molecule has 1 amide bonds.